The Bertz CT molecular complexity index is 1360. The van der Waals surface area contributed by atoms with Crippen LogP contribution in [0.25, 0.3) is 0 Å². The van der Waals surface area contributed by atoms with E-state index < -0.39 is 6.10 Å². The summed E-state index contributed by atoms with van der Waals surface area (Å²) in [7, 11) is 0. The molecule has 422 valence electrons. The quantitative estimate of drug-likeness (QED) is 0.0261. The maximum atomic E-state index is 12.9. The summed E-state index contributed by atoms with van der Waals surface area (Å²) < 4.78 is 16.9. The summed E-state index contributed by atoms with van der Waals surface area (Å²) in [5, 5.41) is 0. The van der Waals surface area contributed by atoms with Crippen LogP contribution in [-0.2, 0) is 28.6 Å². The molecule has 0 aliphatic heterocycles. The minimum absolute atomic E-state index is 0.0817. The maximum Gasteiger partial charge on any atom is 0.306 e. The minimum Gasteiger partial charge on any atom is -0.462 e. The summed E-state index contributed by atoms with van der Waals surface area (Å²) in [6.07, 6.45) is 78.9. The Morgan fingerprint density at radius 2 is 0.534 bits per heavy atom. The highest BCUT2D eigenvalue weighted by Crippen LogP contribution is 2.17. The molecule has 73 heavy (non-hydrogen) atoms. The first-order valence-electron chi connectivity index (χ1n) is 31.4. The Morgan fingerprint density at radius 3 is 0.863 bits per heavy atom. The van der Waals surface area contributed by atoms with E-state index in [0.29, 0.717) is 19.3 Å². The molecule has 0 aromatic carbocycles. The van der Waals surface area contributed by atoms with Gasteiger partial charge in [0.15, 0.2) is 6.10 Å². The van der Waals surface area contributed by atoms with E-state index >= 15 is 0 Å². The molecule has 0 heterocycles. The molecular weight excluding hydrogens is 901 g/mol. The molecule has 0 aromatic rings. The fourth-order valence-electron chi connectivity index (χ4n) is 9.00. The Kier molecular flexibility index (Phi) is 58.7. The zero-order chi connectivity index (χ0) is 52.9. The molecule has 0 aromatic heterocycles. The molecule has 0 aliphatic carbocycles. The molecule has 6 nitrogen and oxygen atoms in total. The van der Waals surface area contributed by atoms with E-state index in [2.05, 4.69) is 93.7 Å². The second-order valence-electron chi connectivity index (χ2n) is 20.9. The molecule has 0 amide bonds. The highest BCUT2D eigenvalue weighted by molar-refractivity contribution is 5.71. The number of ether oxygens (including phenoxy) is 3. The van der Waals surface area contributed by atoms with Gasteiger partial charge in [-0.15, -0.1) is 0 Å². The summed E-state index contributed by atoms with van der Waals surface area (Å²) in [6, 6.07) is 0. The number of allylic oxidation sites excluding steroid dienone is 12. The second-order valence-corrected chi connectivity index (χ2v) is 20.9. The van der Waals surface area contributed by atoms with Crippen LogP contribution in [0.3, 0.4) is 0 Å². The van der Waals surface area contributed by atoms with Gasteiger partial charge in [-0.3, -0.25) is 14.4 Å². The molecule has 0 saturated carbocycles. The van der Waals surface area contributed by atoms with Crippen LogP contribution in [0.4, 0.5) is 0 Å². The Morgan fingerprint density at radius 1 is 0.288 bits per heavy atom. The third kappa shape index (κ3) is 59.6. The Hall–Kier alpha value is -3.15. The highest BCUT2D eigenvalue weighted by atomic mass is 16.6. The predicted molar refractivity (Wildman–Crippen MR) is 316 cm³/mol. The zero-order valence-electron chi connectivity index (χ0n) is 48.4. The van der Waals surface area contributed by atoms with Gasteiger partial charge in [-0.1, -0.05) is 280 Å². The number of unbranched alkanes of at least 4 members (excludes halogenated alkanes) is 34. The molecule has 0 aliphatic rings. The van der Waals surface area contributed by atoms with Gasteiger partial charge in [0.1, 0.15) is 13.2 Å². The summed E-state index contributed by atoms with van der Waals surface area (Å²) in [5.41, 5.74) is 0. The maximum absolute atomic E-state index is 12.9. The second kappa shape index (κ2) is 61.4. The monoisotopic (exact) mass is 1020 g/mol. The van der Waals surface area contributed by atoms with Crippen molar-refractivity contribution < 1.29 is 28.6 Å². The topological polar surface area (TPSA) is 78.9 Å². The molecule has 0 bridgehead atoms. The van der Waals surface area contributed by atoms with Crippen molar-refractivity contribution in [3.8, 4) is 0 Å². The lowest BCUT2D eigenvalue weighted by Gasteiger charge is -2.18. The van der Waals surface area contributed by atoms with E-state index in [1.165, 1.54) is 173 Å². The lowest BCUT2D eigenvalue weighted by atomic mass is 10.0. The lowest BCUT2D eigenvalue weighted by Crippen LogP contribution is -2.30. The highest BCUT2D eigenvalue weighted by Gasteiger charge is 2.19. The van der Waals surface area contributed by atoms with Gasteiger partial charge in [-0.25, -0.2) is 0 Å². The normalized spacial score (nSPS) is 12.5. The molecule has 0 N–H and O–H groups in total. The summed E-state index contributed by atoms with van der Waals surface area (Å²) in [5.74, 6) is -0.887. The Labute approximate surface area is 453 Å². The van der Waals surface area contributed by atoms with E-state index in [1.807, 2.05) is 0 Å². The van der Waals surface area contributed by atoms with Crippen LogP contribution in [0.5, 0.6) is 0 Å². The standard InChI is InChI=1S/C67H118O6/c1-4-7-10-13-16-19-22-25-28-31-33-36-39-42-45-48-51-54-57-60-66(69)72-63-64(62-71-65(68)59-56-53-50-47-44-41-38-35-30-27-24-21-18-15-12-9-6-3)73-67(70)61-58-55-52-49-46-43-40-37-34-32-29-26-23-20-17-14-11-8-5-2/h7,10,16,18-19,21,25,27-28,30,33,36,64H,4-6,8-9,11-15,17,20,22-24,26,29,31-32,34-35,37-63H2,1-3H3/b10-7-,19-16-,21-18-,28-25-,30-27-,36-33-. The van der Waals surface area contributed by atoms with E-state index in [9.17, 15) is 14.4 Å². The van der Waals surface area contributed by atoms with Gasteiger partial charge in [0.25, 0.3) is 0 Å². The lowest BCUT2D eigenvalue weighted by molar-refractivity contribution is -0.167. The zero-order valence-corrected chi connectivity index (χ0v) is 48.4. The van der Waals surface area contributed by atoms with Gasteiger partial charge in [-0.2, -0.15) is 0 Å². The van der Waals surface area contributed by atoms with Crippen molar-refractivity contribution in [3.63, 3.8) is 0 Å². The van der Waals surface area contributed by atoms with Gasteiger partial charge in [0.2, 0.25) is 0 Å². The van der Waals surface area contributed by atoms with E-state index in [1.54, 1.807) is 0 Å². The van der Waals surface area contributed by atoms with Crippen LogP contribution in [0.1, 0.15) is 316 Å². The van der Waals surface area contributed by atoms with Crippen LogP contribution in [-0.4, -0.2) is 37.2 Å². The van der Waals surface area contributed by atoms with Crippen LogP contribution in [0.15, 0.2) is 72.9 Å². The summed E-state index contributed by atoms with van der Waals surface area (Å²) in [6.45, 7) is 6.53. The average molecular weight is 1020 g/mol. The fourth-order valence-corrected chi connectivity index (χ4v) is 9.00. The van der Waals surface area contributed by atoms with Gasteiger partial charge in [0, 0.05) is 19.3 Å². The van der Waals surface area contributed by atoms with E-state index in [0.717, 1.165) is 103 Å². The predicted octanol–water partition coefficient (Wildman–Crippen LogP) is 21.3. The van der Waals surface area contributed by atoms with E-state index in [4.69, 9.17) is 14.2 Å². The number of carbonyl (C=O) groups excluding carboxylic acids is 3. The average Bonchev–Trinajstić information content (AvgIpc) is 3.39. The molecule has 0 spiro atoms. The third-order valence-corrected chi connectivity index (χ3v) is 13.7. The van der Waals surface area contributed by atoms with Crippen molar-refractivity contribution in [3.05, 3.63) is 72.9 Å². The van der Waals surface area contributed by atoms with Crippen molar-refractivity contribution in [2.75, 3.05) is 13.2 Å². The first-order chi connectivity index (χ1) is 36.0. The van der Waals surface area contributed by atoms with Crippen LogP contribution in [0, 0.1) is 0 Å². The number of esters is 3. The SMILES string of the molecule is CC/C=C\C/C=C\C/C=C\C/C=C\CCCCCCCCC(=O)OCC(COC(=O)CCCCCCCCC/C=C\C/C=C\CCCCC)OC(=O)CCCCCCCCCCCCCCCCCCCCC. The van der Waals surface area contributed by atoms with Crippen molar-refractivity contribution in [1.82, 2.24) is 0 Å². The van der Waals surface area contributed by atoms with Gasteiger partial charge < -0.3 is 14.2 Å². The van der Waals surface area contributed by atoms with Crippen molar-refractivity contribution in [2.24, 2.45) is 0 Å². The molecule has 0 radical (unpaired) electrons. The van der Waals surface area contributed by atoms with Crippen molar-refractivity contribution in [1.29, 1.82) is 0 Å². The van der Waals surface area contributed by atoms with Gasteiger partial charge in [-0.05, 0) is 89.9 Å². The number of carbonyl (C=O) groups is 3. The van der Waals surface area contributed by atoms with E-state index in [-0.39, 0.29) is 31.1 Å². The summed E-state index contributed by atoms with van der Waals surface area (Å²) >= 11 is 0. The molecular formula is C67H118O6. The molecule has 1 unspecified atom stereocenters. The molecule has 0 fully saturated rings. The van der Waals surface area contributed by atoms with Crippen LogP contribution in [0.2, 0.25) is 0 Å². The molecule has 6 heteroatoms. The van der Waals surface area contributed by atoms with Crippen molar-refractivity contribution in [2.45, 2.75) is 322 Å². The molecule has 1 atom stereocenters. The first-order valence-corrected chi connectivity index (χ1v) is 31.4. The number of hydrogen-bond acceptors (Lipinski definition) is 6. The van der Waals surface area contributed by atoms with Gasteiger partial charge in [0.05, 0.1) is 0 Å². The minimum atomic E-state index is -0.784. The first kappa shape index (κ1) is 69.8. The number of hydrogen-bond donors (Lipinski definition) is 0. The Balaban J connectivity index is 4.39. The third-order valence-electron chi connectivity index (χ3n) is 13.7. The van der Waals surface area contributed by atoms with Crippen LogP contribution < -0.4 is 0 Å². The summed E-state index contributed by atoms with van der Waals surface area (Å²) in [4.78, 5) is 38.3. The molecule has 0 rings (SSSR count). The van der Waals surface area contributed by atoms with Crippen LogP contribution >= 0.6 is 0 Å². The smallest absolute Gasteiger partial charge is 0.306 e. The van der Waals surface area contributed by atoms with Gasteiger partial charge >= 0.3 is 17.9 Å². The number of rotatable bonds is 57. The fraction of sp³-hybridized carbons (Fsp3) is 0.776. The molecule has 0 saturated heterocycles. The van der Waals surface area contributed by atoms with Crippen molar-refractivity contribution >= 4 is 17.9 Å². The largest absolute Gasteiger partial charge is 0.462 e.